The average molecular weight is 444 g/mol. The number of carbonyl (C=O) groups excluding carboxylic acids is 1. The van der Waals surface area contributed by atoms with Gasteiger partial charge in [0.1, 0.15) is 10.7 Å². The highest BCUT2D eigenvalue weighted by molar-refractivity contribution is 7.17. The number of nitrogens with one attached hydrogen (secondary N) is 2. The molecule has 1 fully saturated rings. The minimum Gasteiger partial charge on any atom is -0.341 e. The van der Waals surface area contributed by atoms with Gasteiger partial charge in [-0.25, -0.2) is 4.98 Å². The number of amides is 1. The number of benzene rings is 1. The van der Waals surface area contributed by atoms with Gasteiger partial charge in [0, 0.05) is 13.1 Å². The molecule has 1 aliphatic rings. The van der Waals surface area contributed by atoms with Gasteiger partial charge < -0.3 is 10.2 Å². The lowest BCUT2D eigenvalue weighted by molar-refractivity contribution is 0.103. The van der Waals surface area contributed by atoms with Crippen molar-refractivity contribution in [1.29, 1.82) is 0 Å². The Hall–Kier alpha value is -2.78. The molecule has 1 aromatic carbocycles. The smallest absolute Gasteiger partial charge is 0.267 e. The van der Waals surface area contributed by atoms with Crippen LogP contribution in [0.15, 0.2) is 24.4 Å². The summed E-state index contributed by atoms with van der Waals surface area (Å²) >= 11 is 7.42. The van der Waals surface area contributed by atoms with Gasteiger partial charge in [0.2, 0.25) is 11.9 Å². The molecular formula is C20H22ClN7OS. The van der Waals surface area contributed by atoms with E-state index in [1.54, 1.807) is 6.07 Å². The largest absolute Gasteiger partial charge is 0.341 e. The number of aromatic nitrogens is 4. The van der Waals surface area contributed by atoms with Crippen LogP contribution in [0, 0.1) is 13.8 Å². The molecule has 1 saturated heterocycles. The van der Waals surface area contributed by atoms with Gasteiger partial charge in [-0.15, -0.1) is 0 Å². The third-order valence-corrected chi connectivity index (χ3v) is 6.01. The van der Waals surface area contributed by atoms with E-state index < -0.39 is 0 Å². The summed E-state index contributed by atoms with van der Waals surface area (Å²) in [4.78, 5) is 32.9. The van der Waals surface area contributed by atoms with E-state index in [0.29, 0.717) is 38.4 Å². The lowest BCUT2D eigenvalue weighted by atomic mass is 10.1. The number of nitrogens with zero attached hydrogens (tertiary/aromatic N) is 5. The second kappa shape index (κ2) is 8.93. The molecule has 0 radical (unpaired) electrons. The Bertz CT molecular complexity index is 1040. The Morgan fingerprint density at radius 1 is 1.13 bits per heavy atom. The molecule has 0 unspecified atom stereocenters. The summed E-state index contributed by atoms with van der Waals surface area (Å²) in [5.74, 6) is 1.47. The lowest BCUT2D eigenvalue weighted by Crippen LogP contribution is -2.31. The van der Waals surface area contributed by atoms with Crippen LogP contribution in [0.2, 0.25) is 5.02 Å². The van der Waals surface area contributed by atoms with Crippen LogP contribution in [0.1, 0.15) is 40.3 Å². The van der Waals surface area contributed by atoms with Crippen molar-refractivity contribution in [3.63, 3.8) is 0 Å². The minimum absolute atomic E-state index is 0.266. The van der Waals surface area contributed by atoms with E-state index in [4.69, 9.17) is 11.6 Å². The van der Waals surface area contributed by atoms with E-state index >= 15 is 0 Å². The molecule has 2 aromatic heterocycles. The molecule has 3 heterocycles. The maximum atomic E-state index is 12.6. The molecule has 10 heteroatoms. The maximum absolute atomic E-state index is 12.6. The van der Waals surface area contributed by atoms with Gasteiger partial charge in [-0.3, -0.25) is 10.1 Å². The number of para-hydroxylation sites is 1. The van der Waals surface area contributed by atoms with Gasteiger partial charge in [-0.1, -0.05) is 35.1 Å². The SMILES string of the molecule is Cc1nc(Nc2ncc(C(=O)Nc3c(C)cccc3Cl)s2)nc(N2CCCCC2)n1. The molecular weight excluding hydrogens is 422 g/mol. The Morgan fingerprint density at radius 2 is 1.93 bits per heavy atom. The molecule has 8 nitrogen and oxygen atoms in total. The fourth-order valence-electron chi connectivity index (χ4n) is 3.26. The van der Waals surface area contributed by atoms with E-state index in [0.717, 1.165) is 31.5 Å². The number of halogens is 1. The Labute approximate surface area is 183 Å². The molecule has 0 aliphatic carbocycles. The van der Waals surface area contributed by atoms with Crippen molar-refractivity contribution in [2.75, 3.05) is 28.6 Å². The molecule has 30 heavy (non-hydrogen) atoms. The summed E-state index contributed by atoms with van der Waals surface area (Å²) in [5, 5.41) is 6.99. The molecule has 1 aliphatic heterocycles. The average Bonchev–Trinajstić information content (AvgIpc) is 3.19. The molecule has 0 spiro atoms. The van der Waals surface area contributed by atoms with Gasteiger partial charge in [-0.2, -0.15) is 15.0 Å². The van der Waals surface area contributed by atoms with Gasteiger partial charge in [0.15, 0.2) is 5.13 Å². The number of hydrogen-bond acceptors (Lipinski definition) is 8. The van der Waals surface area contributed by atoms with Crippen LogP contribution in [0.4, 0.5) is 22.7 Å². The topological polar surface area (TPSA) is 95.9 Å². The number of hydrogen-bond donors (Lipinski definition) is 2. The van der Waals surface area contributed by atoms with Crippen molar-refractivity contribution in [2.24, 2.45) is 0 Å². The number of anilines is 4. The highest BCUT2D eigenvalue weighted by Gasteiger charge is 2.17. The fraction of sp³-hybridized carbons (Fsp3) is 0.350. The molecule has 3 aromatic rings. The predicted octanol–water partition coefficient (Wildman–Crippen LogP) is 4.58. The Morgan fingerprint density at radius 3 is 2.70 bits per heavy atom. The van der Waals surface area contributed by atoms with E-state index in [9.17, 15) is 4.79 Å². The third kappa shape index (κ3) is 4.68. The van der Waals surface area contributed by atoms with Crippen molar-refractivity contribution in [2.45, 2.75) is 33.1 Å². The van der Waals surface area contributed by atoms with Crippen LogP contribution in [-0.2, 0) is 0 Å². The molecule has 4 rings (SSSR count). The predicted molar refractivity (Wildman–Crippen MR) is 120 cm³/mol. The van der Waals surface area contributed by atoms with E-state index in [-0.39, 0.29) is 5.91 Å². The summed E-state index contributed by atoms with van der Waals surface area (Å²) in [5.41, 5.74) is 1.50. The molecule has 0 bridgehead atoms. The van der Waals surface area contributed by atoms with Crippen LogP contribution in [0.3, 0.4) is 0 Å². The number of carbonyl (C=O) groups is 1. The van der Waals surface area contributed by atoms with E-state index in [2.05, 4.69) is 35.5 Å². The third-order valence-electron chi connectivity index (χ3n) is 4.78. The number of piperidine rings is 1. The van der Waals surface area contributed by atoms with Crippen molar-refractivity contribution in [3.05, 3.63) is 45.7 Å². The summed E-state index contributed by atoms with van der Waals surface area (Å²) in [6.07, 6.45) is 5.05. The number of rotatable bonds is 5. The first-order chi connectivity index (χ1) is 14.5. The van der Waals surface area contributed by atoms with Gasteiger partial charge >= 0.3 is 0 Å². The summed E-state index contributed by atoms with van der Waals surface area (Å²) in [6, 6.07) is 5.48. The molecule has 1 amide bonds. The van der Waals surface area contributed by atoms with Crippen LogP contribution < -0.4 is 15.5 Å². The first-order valence-electron chi connectivity index (χ1n) is 9.76. The quantitative estimate of drug-likeness (QED) is 0.595. The zero-order valence-corrected chi connectivity index (χ0v) is 18.3. The maximum Gasteiger partial charge on any atom is 0.267 e. The van der Waals surface area contributed by atoms with Crippen LogP contribution in [0.5, 0.6) is 0 Å². The first kappa shape index (κ1) is 20.5. The molecule has 0 atom stereocenters. The second-order valence-corrected chi connectivity index (χ2v) is 8.53. The van der Waals surface area contributed by atoms with Crippen LogP contribution >= 0.6 is 22.9 Å². The molecule has 2 N–H and O–H groups in total. The van der Waals surface area contributed by atoms with Crippen LogP contribution in [-0.4, -0.2) is 38.9 Å². The highest BCUT2D eigenvalue weighted by atomic mass is 35.5. The fourth-order valence-corrected chi connectivity index (χ4v) is 4.23. The molecule has 0 saturated carbocycles. The standard InChI is InChI=1S/C20H22ClN7OS/c1-12-7-6-8-14(21)16(12)25-17(29)15-11-22-20(30-15)27-18-23-13(2)24-19(26-18)28-9-4-3-5-10-28/h6-8,11H,3-5,9-10H2,1-2H3,(H,25,29)(H,22,23,24,26,27). The Balaban J connectivity index is 1.48. The van der Waals surface area contributed by atoms with Crippen molar-refractivity contribution in [3.8, 4) is 0 Å². The van der Waals surface area contributed by atoms with Crippen molar-refractivity contribution >= 4 is 51.6 Å². The Kier molecular flexibility index (Phi) is 6.10. The van der Waals surface area contributed by atoms with Gasteiger partial charge in [0.25, 0.3) is 5.91 Å². The highest BCUT2D eigenvalue weighted by Crippen LogP contribution is 2.28. The normalized spacial score (nSPS) is 13.9. The lowest BCUT2D eigenvalue weighted by Gasteiger charge is -2.26. The summed E-state index contributed by atoms with van der Waals surface area (Å²) in [7, 11) is 0. The zero-order chi connectivity index (χ0) is 21.1. The van der Waals surface area contributed by atoms with E-state index in [1.807, 2.05) is 26.0 Å². The zero-order valence-electron chi connectivity index (χ0n) is 16.8. The first-order valence-corrected chi connectivity index (χ1v) is 11.0. The van der Waals surface area contributed by atoms with Gasteiger partial charge in [0.05, 0.1) is 16.9 Å². The second-order valence-electron chi connectivity index (χ2n) is 7.09. The summed E-state index contributed by atoms with van der Waals surface area (Å²) < 4.78 is 0. The summed E-state index contributed by atoms with van der Waals surface area (Å²) in [6.45, 7) is 5.63. The van der Waals surface area contributed by atoms with Crippen molar-refractivity contribution in [1.82, 2.24) is 19.9 Å². The number of aryl methyl sites for hydroxylation is 2. The minimum atomic E-state index is -0.266. The van der Waals surface area contributed by atoms with Gasteiger partial charge in [-0.05, 0) is 44.7 Å². The molecule has 156 valence electrons. The van der Waals surface area contributed by atoms with E-state index in [1.165, 1.54) is 24.0 Å². The number of thiazole rings is 1. The van der Waals surface area contributed by atoms with Crippen molar-refractivity contribution < 1.29 is 4.79 Å². The monoisotopic (exact) mass is 443 g/mol. The van der Waals surface area contributed by atoms with Crippen LogP contribution in [0.25, 0.3) is 0 Å².